The molecule has 2 fully saturated rings. The Balaban J connectivity index is 1.37. The van der Waals surface area contributed by atoms with Crippen molar-refractivity contribution in [2.24, 2.45) is 17.8 Å². The van der Waals surface area contributed by atoms with Crippen LogP contribution >= 0.6 is 0 Å². The number of hydrogen-bond acceptors (Lipinski definition) is 4. The molecule has 7 heteroatoms. The van der Waals surface area contributed by atoms with Crippen molar-refractivity contribution in [2.75, 3.05) is 11.9 Å². The summed E-state index contributed by atoms with van der Waals surface area (Å²) >= 11 is 0. The van der Waals surface area contributed by atoms with Crippen molar-refractivity contribution < 1.29 is 17.9 Å². The van der Waals surface area contributed by atoms with E-state index in [0.717, 1.165) is 12.3 Å². The molecular formula is C24H30N2O4S. The standard InChI is InChI=1S/C24H30N2O4S/c1-3-30-21-10-6-18(7-11-21)24(27)25-20-8-12-22(13-9-20)31(28,29)26-16(2)23-15-17-4-5-19(23)14-17/h6-13,16-17,19,23,26H,3-5,14-15H2,1-2H3,(H,25,27)/t16-,17+,19+,23-/m0/s1. The summed E-state index contributed by atoms with van der Waals surface area (Å²) in [5, 5.41) is 2.80. The van der Waals surface area contributed by atoms with Crippen LogP contribution in [0.1, 0.15) is 49.9 Å². The summed E-state index contributed by atoms with van der Waals surface area (Å²) in [6, 6.07) is 13.1. The van der Waals surface area contributed by atoms with Gasteiger partial charge in [-0.05, 0) is 99.4 Å². The van der Waals surface area contributed by atoms with Crippen molar-refractivity contribution in [3.05, 3.63) is 54.1 Å². The summed E-state index contributed by atoms with van der Waals surface area (Å²) in [6.07, 6.45) is 4.90. The SMILES string of the molecule is CCOc1ccc(C(=O)Nc2ccc(S(=O)(=O)N[C@@H](C)[C@@H]3C[C@@H]4CC[C@@H]3C4)cc2)cc1. The fourth-order valence-corrected chi connectivity index (χ4v) is 6.39. The first-order valence-electron chi connectivity index (χ1n) is 11.0. The van der Waals surface area contributed by atoms with Crippen molar-refractivity contribution >= 4 is 21.6 Å². The molecule has 0 radical (unpaired) electrons. The van der Waals surface area contributed by atoms with Gasteiger partial charge in [-0.3, -0.25) is 4.79 Å². The Morgan fingerprint density at radius 1 is 1.06 bits per heavy atom. The Morgan fingerprint density at radius 3 is 2.35 bits per heavy atom. The third-order valence-corrected chi connectivity index (χ3v) is 8.20. The normalized spacial score (nSPS) is 23.5. The monoisotopic (exact) mass is 442 g/mol. The van der Waals surface area contributed by atoms with Gasteiger partial charge in [0.15, 0.2) is 0 Å². The van der Waals surface area contributed by atoms with E-state index in [9.17, 15) is 13.2 Å². The largest absolute Gasteiger partial charge is 0.494 e. The number of carbonyl (C=O) groups is 1. The van der Waals surface area contributed by atoms with Crippen LogP contribution in [0.4, 0.5) is 5.69 Å². The molecule has 31 heavy (non-hydrogen) atoms. The highest BCUT2D eigenvalue weighted by atomic mass is 32.2. The minimum absolute atomic E-state index is 0.0701. The summed E-state index contributed by atoms with van der Waals surface area (Å²) in [7, 11) is -3.60. The molecule has 166 valence electrons. The fourth-order valence-electron chi connectivity index (χ4n) is 5.10. The lowest BCUT2D eigenvalue weighted by Gasteiger charge is -2.28. The topological polar surface area (TPSA) is 84.5 Å². The maximum Gasteiger partial charge on any atom is 0.255 e. The highest BCUT2D eigenvalue weighted by Crippen LogP contribution is 2.49. The van der Waals surface area contributed by atoms with Crippen molar-refractivity contribution in [1.29, 1.82) is 0 Å². The lowest BCUT2D eigenvalue weighted by molar-refractivity contribution is 0.102. The highest BCUT2D eigenvalue weighted by Gasteiger charge is 2.42. The quantitative estimate of drug-likeness (QED) is 0.633. The van der Waals surface area contributed by atoms with Crippen LogP contribution in [0.25, 0.3) is 0 Å². The summed E-state index contributed by atoms with van der Waals surface area (Å²) in [6.45, 7) is 4.45. The lowest BCUT2D eigenvalue weighted by Crippen LogP contribution is -2.40. The summed E-state index contributed by atoms with van der Waals surface area (Å²) < 4.78 is 33.9. The average molecular weight is 443 g/mol. The van der Waals surface area contributed by atoms with Crippen molar-refractivity contribution in [3.8, 4) is 5.75 Å². The Kier molecular flexibility index (Phi) is 6.34. The van der Waals surface area contributed by atoms with Gasteiger partial charge < -0.3 is 10.1 Å². The van der Waals surface area contributed by atoms with Gasteiger partial charge in [0.1, 0.15) is 5.75 Å². The van der Waals surface area contributed by atoms with Gasteiger partial charge in [0.05, 0.1) is 11.5 Å². The first kappa shape index (κ1) is 21.8. The number of fused-ring (bicyclic) bond motifs is 2. The average Bonchev–Trinajstić information content (AvgIpc) is 3.38. The van der Waals surface area contributed by atoms with Crippen LogP contribution in [-0.2, 0) is 10.0 Å². The molecule has 1 amide bonds. The van der Waals surface area contributed by atoms with Gasteiger partial charge in [0.2, 0.25) is 10.0 Å². The van der Waals surface area contributed by atoms with Crippen molar-refractivity contribution in [2.45, 2.75) is 50.5 Å². The Bertz CT molecular complexity index is 1020. The van der Waals surface area contributed by atoms with Crippen LogP contribution in [0, 0.1) is 17.8 Å². The van der Waals surface area contributed by atoms with E-state index in [1.165, 1.54) is 31.4 Å². The fraction of sp³-hybridized carbons (Fsp3) is 0.458. The van der Waals surface area contributed by atoms with Crippen LogP contribution in [0.15, 0.2) is 53.4 Å². The zero-order valence-corrected chi connectivity index (χ0v) is 18.8. The van der Waals surface area contributed by atoms with E-state index in [0.29, 0.717) is 35.4 Å². The predicted octanol–water partition coefficient (Wildman–Crippen LogP) is 4.44. The zero-order valence-electron chi connectivity index (χ0n) is 18.0. The molecule has 2 aliphatic carbocycles. The molecular weight excluding hydrogens is 412 g/mol. The van der Waals surface area contributed by atoms with Gasteiger partial charge in [0, 0.05) is 17.3 Å². The minimum atomic E-state index is -3.60. The number of rotatable bonds is 8. The first-order valence-corrected chi connectivity index (χ1v) is 12.5. The molecule has 0 unspecified atom stereocenters. The third kappa shape index (κ3) is 4.93. The molecule has 4 atom stereocenters. The van der Waals surface area contributed by atoms with Crippen molar-refractivity contribution in [3.63, 3.8) is 0 Å². The molecule has 2 bridgehead atoms. The molecule has 0 aliphatic heterocycles. The maximum absolute atomic E-state index is 12.8. The lowest BCUT2D eigenvalue weighted by atomic mass is 9.84. The van der Waals surface area contributed by atoms with E-state index in [1.54, 1.807) is 36.4 Å². The van der Waals surface area contributed by atoms with E-state index in [1.807, 2.05) is 13.8 Å². The number of carbonyl (C=O) groups excluding carboxylic acids is 1. The molecule has 2 aromatic carbocycles. The van der Waals surface area contributed by atoms with Crippen LogP contribution in [0.3, 0.4) is 0 Å². The van der Waals surface area contributed by atoms with E-state index >= 15 is 0 Å². The molecule has 0 heterocycles. The smallest absolute Gasteiger partial charge is 0.255 e. The predicted molar refractivity (Wildman–Crippen MR) is 121 cm³/mol. The zero-order chi connectivity index (χ0) is 22.0. The van der Waals surface area contributed by atoms with Gasteiger partial charge >= 0.3 is 0 Å². The minimum Gasteiger partial charge on any atom is -0.494 e. The number of hydrogen-bond donors (Lipinski definition) is 2. The second-order valence-corrected chi connectivity index (χ2v) is 10.4. The van der Waals surface area contributed by atoms with Gasteiger partial charge in [-0.1, -0.05) is 6.42 Å². The Morgan fingerprint density at radius 2 is 1.77 bits per heavy atom. The second kappa shape index (κ2) is 9.01. The van der Waals surface area contributed by atoms with Crippen LogP contribution < -0.4 is 14.8 Å². The molecule has 2 aliphatic rings. The second-order valence-electron chi connectivity index (χ2n) is 8.68. The summed E-state index contributed by atoms with van der Waals surface area (Å²) in [5.41, 5.74) is 1.04. The molecule has 4 rings (SSSR count). The van der Waals surface area contributed by atoms with Gasteiger partial charge in [-0.15, -0.1) is 0 Å². The number of anilines is 1. The van der Waals surface area contributed by atoms with Gasteiger partial charge in [-0.2, -0.15) is 0 Å². The number of ether oxygens (including phenoxy) is 1. The van der Waals surface area contributed by atoms with Crippen LogP contribution in [0.5, 0.6) is 5.75 Å². The van der Waals surface area contributed by atoms with E-state index < -0.39 is 10.0 Å². The number of sulfonamides is 1. The molecule has 6 nitrogen and oxygen atoms in total. The Hall–Kier alpha value is -2.38. The number of benzene rings is 2. The molecule has 2 aromatic rings. The first-order chi connectivity index (χ1) is 14.9. The summed E-state index contributed by atoms with van der Waals surface area (Å²) in [5.74, 6) is 2.31. The maximum atomic E-state index is 12.8. The van der Waals surface area contributed by atoms with Crippen LogP contribution in [0.2, 0.25) is 0 Å². The third-order valence-electron chi connectivity index (χ3n) is 6.63. The molecule has 0 aromatic heterocycles. The van der Waals surface area contributed by atoms with E-state index in [4.69, 9.17) is 4.74 Å². The van der Waals surface area contributed by atoms with Gasteiger partial charge in [-0.25, -0.2) is 13.1 Å². The number of amides is 1. The molecule has 2 N–H and O–H groups in total. The number of nitrogens with one attached hydrogen (secondary N) is 2. The van der Waals surface area contributed by atoms with E-state index in [-0.39, 0.29) is 16.8 Å². The van der Waals surface area contributed by atoms with Gasteiger partial charge in [0.25, 0.3) is 5.91 Å². The van der Waals surface area contributed by atoms with E-state index in [2.05, 4.69) is 10.0 Å². The molecule has 0 spiro atoms. The van der Waals surface area contributed by atoms with Crippen LogP contribution in [-0.4, -0.2) is 27.0 Å². The molecule has 2 saturated carbocycles. The van der Waals surface area contributed by atoms with Crippen molar-refractivity contribution in [1.82, 2.24) is 4.72 Å². The Labute approximate surface area is 184 Å². The highest BCUT2D eigenvalue weighted by molar-refractivity contribution is 7.89. The summed E-state index contributed by atoms with van der Waals surface area (Å²) in [4.78, 5) is 12.6. The molecule has 0 saturated heterocycles.